The summed E-state index contributed by atoms with van der Waals surface area (Å²) in [5.74, 6) is 1.67. The Morgan fingerprint density at radius 2 is 2.24 bits per heavy atom. The number of thioether (sulfide) groups is 1. The quantitative estimate of drug-likeness (QED) is 0.781. The van der Waals surface area contributed by atoms with Crippen LogP contribution in [0.2, 0.25) is 0 Å². The largest absolute Gasteiger partial charge is 0.447 e. The van der Waals surface area contributed by atoms with E-state index in [0.717, 1.165) is 12.2 Å². The van der Waals surface area contributed by atoms with Crippen molar-refractivity contribution in [2.24, 2.45) is 5.14 Å². The molecule has 7 heteroatoms. The van der Waals surface area contributed by atoms with Crippen molar-refractivity contribution in [2.75, 3.05) is 12.0 Å². The molecule has 0 saturated heterocycles. The molecule has 1 atom stereocenters. The lowest BCUT2D eigenvalue weighted by Crippen LogP contribution is -2.25. The van der Waals surface area contributed by atoms with Crippen LogP contribution in [-0.4, -0.2) is 26.5 Å². The van der Waals surface area contributed by atoms with Crippen molar-refractivity contribution < 1.29 is 12.8 Å². The van der Waals surface area contributed by atoms with E-state index in [1.165, 1.54) is 6.07 Å². The van der Waals surface area contributed by atoms with Gasteiger partial charge in [-0.1, -0.05) is 0 Å². The molecule has 5 nitrogen and oxygen atoms in total. The average Bonchev–Trinajstić information content (AvgIpc) is 2.71. The fourth-order valence-electron chi connectivity index (χ4n) is 1.28. The van der Waals surface area contributed by atoms with Crippen LogP contribution in [0.5, 0.6) is 0 Å². The molecule has 0 saturated carbocycles. The van der Waals surface area contributed by atoms with E-state index in [4.69, 9.17) is 9.56 Å². The molecule has 0 bridgehead atoms. The molecule has 98 valence electrons. The highest BCUT2D eigenvalue weighted by molar-refractivity contribution is 7.98. The molecule has 1 aromatic rings. The van der Waals surface area contributed by atoms with E-state index in [1.54, 1.807) is 17.8 Å². The highest BCUT2D eigenvalue weighted by atomic mass is 32.2. The summed E-state index contributed by atoms with van der Waals surface area (Å²) < 4.78 is 27.1. The molecule has 0 aliphatic rings. The van der Waals surface area contributed by atoms with Gasteiger partial charge in [-0.05, 0) is 37.5 Å². The van der Waals surface area contributed by atoms with Crippen LogP contribution in [0.25, 0.3) is 0 Å². The summed E-state index contributed by atoms with van der Waals surface area (Å²) in [5.41, 5.74) is 0. The molecule has 1 heterocycles. The van der Waals surface area contributed by atoms with Crippen LogP contribution in [0.15, 0.2) is 21.6 Å². The normalized spacial score (nSPS) is 13.8. The summed E-state index contributed by atoms with van der Waals surface area (Å²) in [4.78, 5) is 0. The number of nitrogens with one attached hydrogen (secondary N) is 1. The number of primary sulfonamides is 1. The van der Waals surface area contributed by atoms with Gasteiger partial charge in [0.2, 0.25) is 5.09 Å². The monoisotopic (exact) mass is 278 g/mol. The minimum Gasteiger partial charge on any atom is -0.447 e. The Labute approximate surface area is 106 Å². The van der Waals surface area contributed by atoms with Crippen LogP contribution < -0.4 is 10.5 Å². The molecule has 1 rings (SSSR count). The van der Waals surface area contributed by atoms with Crippen molar-refractivity contribution in [2.45, 2.75) is 31.0 Å². The summed E-state index contributed by atoms with van der Waals surface area (Å²) in [6, 6.07) is 3.36. The zero-order valence-corrected chi connectivity index (χ0v) is 11.6. The Morgan fingerprint density at radius 3 is 2.76 bits per heavy atom. The van der Waals surface area contributed by atoms with E-state index in [2.05, 4.69) is 18.5 Å². The van der Waals surface area contributed by atoms with E-state index < -0.39 is 10.0 Å². The molecule has 1 unspecified atom stereocenters. The highest BCUT2D eigenvalue weighted by Crippen LogP contribution is 2.12. The molecular weight excluding hydrogens is 260 g/mol. The maximum atomic E-state index is 11.0. The molecule has 1 aromatic heterocycles. The van der Waals surface area contributed by atoms with Gasteiger partial charge in [0.25, 0.3) is 10.0 Å². The first-order valence-corrected chi connectivity index (χ1v) is 8.21. The Bertz CT molecular complexity index is 442. The number of hydrogen-bond donors (Lipinski definition) is 2. The Kier molecular flexibility index (Phi) is 5.51. The van der Waals surface area contributed by atoms with Gasteiger partial charge in [0, 0.05) is 6.04 Å². The minimum absolute atomic E-state index is 0.189. The molecule has 0 spiro atoms. The predicted molar refractivity (Wildman–Crippen MR) is 69.4 cm³/mol. The van der Waals surface area contributed by atoms with Gasteiger partial charge in [-0.2, -0.15) is 11.8 Å². The zero-order chi connectivity index (χ0) is 12.9. The van der Waals surface area contributed by atoms with Crippen LogP contribution in [-0.2, 0) is 16.6 Å². The average molecular weight is 278 g/mol. The van der Waals surface area contributed by atoms with E-state index in [0.29, 0.717) is 18.3 Å². The van der Waals surface area contributed by atoms with E-state index in [9.17, 15) is 8.42 Å². The summed E-state index contributed by atoms with van der Waals surface area (Å²) in [7, 11) is -3.73. The highest BCUT2D eigenvalue weighted by Gasteiger charge is 2.13. The summed E-state index contributed by atoms with van der Waals surface area (Å²) >= 11 is 1.80. The van der Waals surface area contributed by atoms with Crippen LogP contribution in [0.3, 0.4) is 0 Å². The van der Waals surface area contributed by atoms with Crippen molar-refractivity contribution in [1.82, 2.24) is 5.32 Å². The van der Waals surface area contributed by atoms with Crippen molar-refractivity contribution in [3.63, 3.8) is 0 Å². The van der Waals surface area contributed by atoms with Crippen molar-refractivity contribution in [3.05, 3.63) is 17.9 Å². The van der Waals surface area contributed by atoms with Crippen LogP contribution in [0.4, 0.5) is 0 Å². The molecule has 0 aromatic carbocycles. The van der Waals surface area contributed by atoms with Gasteiger partial charge >= 0.3 is 0 Å². The first-order chi connectivity index (χ1) is 7.93. The molecule has 17 heavy (non-hydrogen) atoms. The van der Waals surface area contributed by atoms with Crippen molar-refractivity contribution in [3.8, 4) is 0 Å². The van der Waals surface area contributed by atoms with Gasteiger partial charge in [0.15, 0.2) is 0 Å². The van der Waals surface area contributed by atoms with E-state index >= 15 is 0 Å². The predicted octanol–water partition coefficient (Wildman–Crippen LogP) is 1.16. The minimum atomic E-state index is -3.73. The van der Waals surface area contributed by atoms with Crippen LogP contribution in [0, 0.1) is 0 Å². The standard InChI is InChI=1S/C10H18N2O3S2/c1-8(5-6-16-2)12-7-9-3-4-10(15-9)17(11,13)14/h3-4,8,12H,5-7H2,1-2H3,(H2,11,13,14). The summed E-state index contributed by atoms with van der Waals surface area (Å²) in [6.07, 6.45) is 3.13. The number of sulfonamides is 1. The molecule has 3 N–H and O–H groups in total. The second-order valence-corrected chi connectivity index (χ2v) is 6.31. The smallest absolute Gasteiger partial charge is 0.271 e. The Morgan fingerprint density at radius 1 is 1.53 bits per heavy atom. The van der Waals surface area contributed by atoms with Crippen molar-refractivity contribution in [1.29, 1.82) is 0 Å². The van der Waals surface area contributed by atoms with Crippen molar-refractivity contribution >= 4 is 21.8 Å². The van der Waals surface area contributed by atoms with Gasteiger partial charge in [0.05, 0.1) is 6.54 Å². The lowest BCUT2D eigenvalue weighted by Gasteiger charge is -2.11. The summed E-state index contributed by atoms with van der Waals surface area (Å²) in [6.45, 7) is 2.59. The molecule has 0 aliphatic carbocycles. The molecular formula is C10H18N2O3S2. The number of furan rings is 1. The second-order valence-electron chi connectivity index (χ2n) is 3.83. The lowest BCUT2D eigenvalue weighted by molar-refractivity contribution is 0.391. The number of nitrogens with two attached hydrogens (primary N) is 1. The maximum absolute atomic E-state index is 11.0. The second kappa shape index (κ2) is 6.44. The maximum Gasteiger partial charge on any atom is 0.271 e. The fraction of sp³-hybridized carbons (Fsp3) is 0.600. The molecule has 0 amide bonds. The molecule has 0 aliphatic heterocycles. The van der Waals surface area contributed by atoms with E-state index in [-0.39, 0.29) is 5.09 Å². The van der Waals surface area contributed by atoms with Gasteiger partial charge in [-0.25, -0.2) is 13.6 Å². The third-order valence-electron chi connectivity index (χ3n) is 2.30. The Hall–Kier alpha value is -0.500. The summed E-state index contributed by atoms with van der Waals surface area (Å²) in [5, 5.41) is 8.01. The van der Waals surface area contributed by atoms with Gasteiger partial charge in [-0.3, -0.25) is 0 Å². The Balaban J connectivity index is 2.45. The number of rotatable bonds is 7. The first-order valence-electron chi connectivity index (χ1n) is 5.27. The first kappa shape index (κ1) is 14.6. The van der Waals surface area contributed by atoms with Gasteiger partial charge in [-0.15, -0.1) is 0 Å². The fourth-order valence-corrected chi connectivity index (χ4v) is 2.35. The topological polar surface area (TPSA) is 85.3 Å². The van der Waals surface area contributed by atoms with Crippen LogP contribution in [0.1, 0.15) is 19.1 Å². The third kappa shape index (κ3) is 5.12. The molecule has 0 fully saturated rings. The molecule has 0 radical (unpaired) electrons. The number of hydrogen-bond acceptors (Lipinski definition) is 5. The van der Waals surface area contributed by atoms with E-state index in [1.807, 2.05) is 0 Å². The van der Waals surface area contributed by atoms with Crippen LogP contribution >= 0.6 is 11.8 Å². The zero-order valence-electron chi connectivity index (χ0n) is 9.97. The third-order valence-corrected chi connectivity index (χ3v) is 3.72. The SMILES string of the molecule is CSCCC(C)NCc1ccc(S(N)(=O)=O)o1. The lowest BCUT2D eigenvalue weighted by atomic mass is 10.2. The van der Waals surface area contributed by atoms with Gasteiger partial charge < -0.3 is 9.73 Å². The van der Waals surface area contributed by atoms with Gasteiger partial charge in [0.1, 0.15) is 5.76 Å².